The first-order valence-corrected chi connectivity index (χ1v) is 6.61. The number of unbranched alkanes of at least 4 members (excludes halogenated alkanes) is 1. The zero-order valence-electron chi connectivity index (χ0n) is 8.89. The number of hydrogen-bond acceptors (Lipinski definition) is 5. The van der Waals surface area contributed by atoms with Crippen LogP contribution in [-0.4, -0.2) is 21.8 Å². The van der Waals surface area contributed by atoms with Crippen molar-refractivity contribution < 1.29 is 9.90 Å². The van der Waals surface area contributed by atoms with Crippen molar-refractivity contribution in [2.75, 3.05) is 5.75 Å². The van der Waals surface area contributed by atoms with Gasteiger partial charge in [0.15, 0.2) is 0 Å². The van der Waals surface area contributed by atoms with Crippen molar-refractivity contribution in [3.05, 3.63) is 10.6 Å². The average Bonchev–Trinajstić information content (AvgIpc) is 2.54. The second kappa shape index (κ2) is 6.51. The Morgan fingerprint density at radius 3 is 3.06 bits per heavy atom. The van der Waals surface area contributed by atoms with Crippen molar-refractivity contribution >= 4 is 29.1 Å². The van der Waals surface area contributed by atoms with E-state index in [9.17, 15) is 4.79 Å². The van der Waals surface area contributed by atoms with Crippen LogP contribution in [0.2, 0.25) is 0 Å². The molecule has 6 heteroatoms. The van der Waals surface area contributed by atoms with E-state index in [1.54, 1.807) is 11.8 Å². The molecule has 1 aromatic rings. The minimum absolute atomic E-state index is 0.0439. The van der Waals surface area contributed by atoms with Crippen LogP contribution < -0.4 is 0 Å². The van der Waals surface area contributed by atoms with E-state index in [0.717, 1.165) is 27.1 Å². The largest absolute Gasteiger partial charge is 0.481 e. The van der Waals surface area contributed by atoms with Crippen LogP contribution in [-0.2, 0) is 11.2 Å². The number of thioether (sulfide) groups is 1. The highest BCUT2D eigenvalue weighted by Gasteiger charge is 2.10. The van der Waals surface area contributed by atoms with E-state index in [1.165, 1.54) is 11.3 Å². The maximum atomic E-state index is 10.6. The topological polar surface area (TPSA) is 74.0 Å². The highest BCUT2D eigenvalue weighted by molar-refractivity contribution is 8.01. The Hall–Kier alpha value is -1.06. The Bertz CT molecular complexity index is 409. The molecule has 0 aliphatic heterocycles. The van der Waals surface area contributed by atoms with Gasteiger partial charge in [0.2, 0.25) is 0 Å². The maximum Gasteiger partial charge on any atom is 0.308 e. The van der Waals surface area contributed by atoms with Gasteiger partial charge >= 0.3 is 5.97 Å². The van der Waals surface area contributed by atoms with Crippen molar-refractivity contribution in [1.82, 2.24) is 4.98 Å². The molecule has 1 rings (SSSR count). The number of thiazole rings is 1. The first-order valence-electron chi connectivity index (χ1n) is 4.81. The molecule has 0 spiro atoms. The van der Waals surface area contributed by atoms with Crippen LogP contribution in [0, 0.1) is 18.3 Å². The fourth-order valence-corrected chi connectivity index (χ4v) is 3.31. The molecule has 0 aliphatic rings. The molecule has 0 unspecified atom stereocenters. The van der Waals surface area contributed by atoms with Crippen molar-refractivity contribution in [2.45, 2.75) is 30.5 Å². The lowest BCUT2D eigenvalue weighted by Gasteiger charge is -1.92. The summed E-state index contributed by atoms with van der Waals surface area (Å²) in [5, 5.41) is 17.1. The van der Waals surface area contributed by atoms with Gasteiger partial charge in [0, 0.05) is 17.1 Å². The molecule has 4 nitrogen and oxygen atoms in total. The lowest BCUT2D eigenvalue weighted by Crippen LogP contribution is -1.99. The normalized spacial score (nSPS) is 10.0. The van der Waals surface area contributed by atoms with Gasteiger partial charge in [-0.25, -0.2) is 4.98 Å². The van der Waals surface area contributed by atoms with Crippen molar-refractivity contribution in [2.24, 2.45) is 0 Å². The summed E-state index contributed by atoms with van der Waals surface area (Å²) in [6.45, 7) is 1.83. The first-order chi connectivity index (χ1) is 7.63. The van der Waals surface area contributed by atoms with Gasteiger partial charge in [-0.2, -0.15) is 5.26 Å². The fourth-order valence-electron chi connectivity index (χ4n) is 1.08. The van der Waals surface area contributed by atoms with E-state index in [1.807, 2.05) is 6.92 Å². The average molecular weight is 256 g/mol. The maximum absolute atomic E-state index is 10.6. The van der Waals surface area contributed by atoms with Crippen molar-refractivity contribution in [3.63, 3.8) is 0 Å². The number of nitrogens with zero attached hydrogens (tertiary/aromatic N) is 2. The molecule has 0 saturated heterocycles. The Labute approximate surface area is 102 Å². The first kappa shape index (κ1) is 13.0. The number of carbonyl (C=O) groups is 1. The lowest BCUT2D eigenvalue weighted by atomic mass is 10.3. The molecule has 0 amide bonds. The third-order valence-electron chi connectivity index (χ3n) is 1.84. The number of carboxylic acid groups (broad SMARTS) is 1. The summed E-state index contributed by atoms with van der Waals surface area (Å²) >= 11 is 3.02. The Balaban J connectivity index is 2.49. The number of aliphatic carboxylic acids is 1. The molecule has 0 fully saturated rings. The SMILES string of the molecule is Cc1nc(SCCCC#N)sc1CC(=O)O. The molecule has 0 saturated carbocycles. The monoisotopic (exact) mass is 256 g/mol. The number of carboxylic acids is 1. The van der Waals surface area contributed by atoms with Crippen LogP contribution in [0.5, 0.6) is 0 Å². The summed E-state index contributed by atoms with van der Waals surface area (Å²) < 4.78 is 0.895. The van der Waals surface area contributed by atoms with Crippen LogP contribution in [0.25, 0.3) is 0 Å². The summed E-state index contributed by atoms with van der Waals surface area (Å²) in [6.07, 6.45) is 1.44. The second-order valence-electron chi connectivity index (χ2n) is 3.17. The zero-order chi connectivity index (χ0) is 12.0. The van der Waals surface area contributed by atoms with Crippen molar-refractivity contribution in [3.8, 4) is 6.07 Å². The van der Waals surface area contributed by atoms with E-state index < -0.39 is 5.97 Å². The van der Waals surface area contributed by atoms with Gasteiger partial charge in [0.25, 0.3) is 0 Å². The predicted octanol–water partition coefficient (Wildman–Crippen LogP) is 2.47. The van der Waals surface area contributed by atoms with Gasteiger partial charge in [-0.3, -0.25) is 4.79 Å². The van der Waals surface area contributed by atoms with Crippen LogP contribution in [0.1, 0.15) is 23.4 Å². The molecule has 0 aliphatic carbocycles. The van der Waals surface area contributed by atoms with E-state index in [2.05, 4.69) is 11.1 Å². The minimum atomic E-state index is -0.826. The molecule has 0 aromatic carbocycles. The Kier molecular flexibility index (Phi) is 5.29. The molecular weight excluding hydrogens is 244 g/mol. The molecule has 1 heterocycles. The predicted molar refractivity (Wildman–Crippen MR) is 63.8 cm³/mol. The number of aryl methyl sites for hydroxylation is 1. The molecule has 1 aromatic heterocycles. The van der Waals surface area contributed by atoms with E-state index in [-0.39, 0.29) is 6.42 Å². The van der Waals surface area contributed by atoms with E-state index >= 15 is 0 Å². The van der Waals surface area contributed by atoms with Crippen molar-refractivity contribution in [1.29, 1.82) is 5.26 Å². The third-order valence-corrected chi connectivity index (χ3v) is 4.23. The van der Waals surface area contributed by atoms with Crippen LogP contribution in [0.15, 0.2) is 4.34 Å². The molecule has 86 valence electrons. The van der Waals surface area contributed by atoms with Gasteiger partial charge in [-0.1, -0.05) is 11.8 Å². The zero-order valence-corrected chi connectivity index (χ0v) is 10.5. The van der Waals surface area contributed by atoms with Crippen LogP contribution >= 0.6 is 23.1 Å². The standard InChI is InChI=1S/C10H12N2O2S2/c1-7-8(6-9(13)14)16-10(12-7)15-5-3-2-4-11/h2-3,5-6H2,1H3,(H,13,14). The number of nitriles is 1. The highest BCUT2D eigenvalue weighted by atomic mass is 32.2. The second-order valence-corrected chi connectivity index (χ2v) is 5.59. The molecule has 0 atom stereocenters. The van der Waals surface area contributed by atoms with Gasteiger partial charge in [0.05, 0.1) is 18.2 Å². The summed E-state index contributed by atoms with van der Waals surface area (Å²) in [5.74, 6) is 0.0281. The molecular formula is C10H12N2O2S2. The molecule has 16 heavy (non-hydrogen) atoms. The third kappa shape index (κ3) is 4.21. The van der Waals surface area contributed by atoms with E-state index in [4.69, 9.17) is 10.4 Å². The number of rotatable bonds is 6. The molecule has 0 radical (unpaired) electrons. The number of hydrogen-bond donors (Lipinski definition) is 1. The smallest absolute Gasteiger partial charge is 0.308 e. The minimum Gasteiger partial charge on any atom is -0.481 e. The van der Waals surface area contributed by atoms with Gasteiger partial charge in [-0.05, 0) is 13.3 Å². The summed E-state index contributed by atoms with van der Waals surface area (Å²) in [7, 11) is 0. The summed E-state index contributed by atoms with van der Waals surface area (Å²) in [6, 6.07) is 2.09. The van der Waals surface area contributed by atoms with Gasteiger partial charge in [0.1, 0.15) is 4.34 Å². The summed E-state index contributed by atoms with van der Waals surface area (Å²) in [4.78, 5) is 15.7. The quantitative estimate of drug-likeness (QED) is 0.625. The lowest BCUT2D eigenvalue weighted by molar-refractivity contribution is -0.136. The Morgan fingerprint density at radius 1 is 1.69 bits per heavy atom. The molecule has 0 bridgehead atoms. The van der Waals surface area contributed by atoms with E-state index in [0.29, 0.717) is 6.42 Å². The summed E-state index contributed by atoms with van der Waals surface area (Å²) in [5.41, 5.74) is 0.801. The highest BCUT2D eigenvalue weighted by Crippen LogP contribution is 2.28. The molecule has 1 N–H and O–H groups in total. The van der Waals surface area contributed by atoms with Crippen LogP contribution in [0.3, 0.4) is 0 Å². The van der Waals surface area contributed by atoms with Gasteiger partial charge in [-0.15, -0.1) is 11.3 Å². The van der Waals surface area contributed by atoms with Crippen LogP contribution in [0.4, 0.5) is 0 Å². The number of aromatic nitrogens is 1. The fraction of sp³-hybridized carbons (Fsp3) is 0.500. The van der Waals surface area contributed by atoms with Gasteiger partial charge < -0.3 is 5.11 Å². The Morgan fingerprint density at radius 2 is 2.44 bits per heavy atom.